The SMILES string of the molecule is CC1SCCN1C(=O)Cc1ccc(F)cc1F. The van der Waals surface area contributed by atoms with Gasteiger partial charge in [-0.25, -0.2) is 8.78 Å². The minimum Gasteiger partial charge on any atom is -0.330 e. The first-order chi connectivity index (χ1) is 8.08. The van der Waals surface area contributed by atoms with Crippen molar-refractivity contribution in [3.8, 4) is 0 Å². The van der Waals surface area contributed by atoms with Gasteiger partial charge in [-0.15, -0.1) is 11.8 Å². The van der Waals surface area contributed by atoms with E-state index in [1.54, 1.807) is 16.7 Å². The fraction of sp³-hybridized carbons (Fsp3) is 0.417. The van der Waals surface area contributed by atoms with Crippen molar-refractivity contribution in [3.63, 3.8) is 0 Å². The third kappa shape index (κ3) is 2.77. The minimum atomic E-state index is -0.655. The summed E-state index contributed by atoms with van der Waals surface area (Å²) < 4.78 is 26.1. The number of nitrogens with zero attached hydrogens (tertiary/aromatic N) is 1. The summed E-state index contributed by atoms with van der Waals surface area (Å²) in [5.41, 5.74) is 0.250. The van der Waals surface area contributed by atoms with Crippen LogP contribution < -0.4 is 0 Å². The highest BCUT2D eigenvalue weighted by molar-refractivity contribution is 8.00. The summed E-state index contributed by atoms with van der Waals surface area (Å²) in [6.07, 6.45) is -0.00296. The molecule has 1 aromatic carbocycles. The Morgan fingerprint density at radius 2 is 2.29 bits per heavy atom. The molecule has 0 aliphatic carbocycles. The van der Waals surface area contributed by atoms with Crippen LogP contribution >= 0.6 is 11.8 Å². The van der Waals surface area contributed by atoms with Crippen molar-refractivity contribution in [1.82, 2.24) is 4.90 Å². The van der Waals surface area contributed by atoms with Gasteiger partial charge in [-0.05, 0) is 18.6 Å². The molecule has 1 saturated heterocycles. The monoisotopic (exact) mass is 257 g/mol. The highest BCUT2D eigenvalue weighted by Gasteiger charge is 2.26. The Morgan fingerprint density at radius 3 is 2.88 bits per heavy atom. The molecule has 0 bridgehead atoms. The molecule has 0 aromatic heterocycles. The van der Waals surface area contributed by atoms with Crippen LogP contribution in [0.2, 0.25) is 0 Å². The second-order valence-corrected chi connectivity index (χ2v) is 5.39. The maximum Gasteiger partial charge on any atom is 0.228 e. The Hall–Kier alpha value is -1.10. The van der Waals surface area contributed by atoms with E-state index in [-0.39, 0.29) is 23.3 Å². The number of benzene rings is 1. The van der Waals surface area contributed by atoms with Crippen molar-refractivity contribution in [2.45, 2.75) is 18.7 Å². The van der Waals surface area contributed by atoms with Crippen LogP contribution in [0.3, 0.4) is 0 Å². The van der Waals surface area contributed by atoms with Gasteiger partial charge >= 0.3 is 0 Å². The summed E-state index contributed by atoms with van der Waals surface area (Å²) in [5.74, 6) is -0.464. The molecule has 92 valence electrons. The second-order valence-electron chi connectivity index (χ2n) is 3.97. The van der Waals surface area contributed by atoms with E-state index in [0.29, 0.717) is 6.54 Å². The van der Waals surface area contributed by atoms with Gasteiger partial charge in [0, 0.05) is 18.4 Å². The van der Waals surface area contributed by atoms with E-state index in [9.17, 15) is 13.6 Å². The molecule has 1 fully saturated rings. The van der Waals surface area contributed by atoms with Gasteiger partial charge in [0.25, 0.3) is 0 Å². The Morgan fingerprint density at radius 1 is 1.53 bits per heavy atom. The average molecular weight is 257 g/mol. The maximum absolute atomic E-state index is 13.4. The summed E-state index contributed by atoms with van der Waals surface area (Å²) in [7, 11) is 0. The summed E-state index contributed by atoms with van der Waals surface area (Å²) in [5, 5.41) is 0.144. The van der Waals surface area contributed by atoms with Crippen molar-refractivity contribution in [2.75, 3.05) is 12.3 Å². The quantitative estimate of drug-likeness (QED) is 0.811. The normalized spacial score (nSPS) is 19.7. The molecule has 1 aliphatic rings. The van der Waals surface area contributed by atoms with Gasteiger partial charge in [-0.1, -0.05) is 6.07 Å². The zero-order chi connectivity index (χ0) is 12.4. The van der Waals surface area contributed by atoms with E-state index in [4.69, 9.17) is 0 Å². The topological polar surface area (TPSA) is 20.3 Å². The first kappa shape index (κ1) is 12.4. The van der Waals surface area contributed by atoms with Gasteiger partial charge in [0.05, 0.1) is 11.8 Å². The molecule has 2 nitrogen and oxygen atoms in total. The Bertz CT molecular complexity index is 439. The zero-order valence-electron chi connectivity index (χ0n) is 9.45. The predicted molar refractivity (Wildman–Crippen MR) is 63.7 cm³/mol. The maximum atomic E-state index is 13.4. The van der Waals surface area contributed by atoms with Crippen LogP contribution in [-0.2, 0) is 11.2 Å². The smallest absolute Gasteiger partial charge is 0.228 e. The van der Waals surface area contributed by atoms with Crippen LogP contribution in [0, 0.1) is 11.6 Å². The van der Waals surface area contributed by atoms with E-state index in [1.807, 2.05) is 6.92 Å². The van der Waals surface area contributed by atoms with Crippen molar-refractivity contribution in [3.05, 3.63) is 35.4 Å². The molecule has 2 rings (SSSR count). The Labute approximate surface area is 103 Å². The third-order valence-electron chi connectivity index (χ3n) is 2.81. The highest BCUT2D eigenvalue weighted by Crippen LogP contribution is 2.24. The fourth-order valence-corrected chi connectivity index (χ4v) is 2.90. The predicted octanol–water partition coefficient (Wildman–Crippen LogP) is 2.43. The molecule has 1 heterocycles. The molecular weight excluding hydrogens is 244 g/mol. The highest BCUT2D eigenvalue weighted by atomic mass is 32.2. The fourth-order valence-electron chi connectivity index (χ4n) is 1.85. The molecule has 17 heavy (non-hydrogen) atoms. The molecule has 0 radical (unpaired) electrons. The molecule has 1 atom stereocenters. The van der Waals surface area contributed by atoms with Gasteiger partial charge in [-0.2, -0.15) is 0 Å². The standard InChI is InChI=1S/C12H13F2NOS/c1-8-15(4-5-17-8)12(16)6-9-2-3-10(13)7-11(9)14/h2-3,7-8H,4-6H2,1H3. The first-order valence-corrected chi connectivity index (χ1v) is 6.48. The molecule has 1 aromatic rings. The van der Waals surface area contributed by atoms with Crippen molar-refractivity contribution in [1.29, 1.82) is 0 Å². The zero-order valence-corrected chi connectivity index (χ0v) is 10.3. The van der Waals surface area contributed by atoms with Gasteiger partial charge in [-0.3, -0.25) is 4.79 Å². The summed E-state index contributed by atoms with van der Waals surface area (Å²) >= 11 is 1.70. The van der Waals surface area contributed by atoms with E-state index in [0.717, 1.165) is 11.8 Å². The van der Waals surface area contributed by atoms with Crippen molar-refractivity contribution < 1.29 is 13.6 Å². The Balaban J connectivity index is 2.07. The molecule has 1 unspecified atom stereocenters. The number of carbonyl (C=O) groups excluding carboxylic acids is 1. The van der Waals surface area contributed by atoms with Crippen LogP contribution in [0.5, 0.6) is 0 Å². The Kier molecular flexibility index (Phi) is 3.66. The third-order valence-corrected chi connectivity index (χ3v) is 3.96. The van der Waals surface area contributed by atoms with Gasteiger partial charge < -0.3 is 4.90 Å². The van der Waals surface area contributed by atoms with E-state index in [1.165, 1.54) is 12.1 Å². The molecule has 1 amide bonds. The van der Waals surface area contributed by atoms with Crippen LogP contribution in [0.15, 0.2) is 18.2 Å². The number of thioether (sulfide) groups is 1. The van der Waals surface area contributed by atoms with Crippen LogP contribution in [0.4, 0.5) is 8.78 Å². The van der Waals surface area contributed by atoms with Crippen molar-refractivity contribution >= 4 is 17.7 Å². The minimum absolute atomic E-state index is 0.00296. The number of amides is 1. The summed E-state index contributed by atoms with van der Waals surface area (Å²) in [4.78, 5) is 13.6. The van der Waals surface area contributed by atoms with Crippen LogP contribution in [-0.4, -0.2) is 28.5 Å². The number of halogens is 2. The van der Waals surface area contributed by atoms with Crippen molar-refractivity contribution in [2.24, 2.45) is 0 Å². The molecule has 0 saturated carbocycles. The average Bonchev–Trinajstić information content (AvgIpc) is 2.68. The van der Waals surface area contributed by atoms with Crippen LogP contribution in [0.25, 0.3) is 0 Å². The van der Waals surface area contributed by atoms with E-state index in [2.05, 4.69) is 0 Å². The lowest BCUT2D eigenvalue weighted by molar-refractivity contribution is -0.130. The number of hydrogen-bond donors (Lipinski definition) is 0. The van der Waals surface area contributed by atoms with Gasteiger partial charge in [0.15, 0.2) is 0 Å². The summed E-state index contributed by atoms with van der Waals surface area (Å²) in [6, 6.07) is 3.31. The largest absolute Gasteiger partial charge is 0.330 e. The van der Waals surface area contributed by atoms with Crippen LogP contribution in [0.1, 0.15) is 12.5 Å². The lowest BCUT2D eigenvalue weighted by atomic mass is 10.1. The molecule has 0 N–H and O–H groups in total. The number of hydrogen-bond acceptors (Lipinski definition) is 2. The first-order valence-electron chi connectivity index (χ1n) is 5.43. The number of carbonyl (C=O) groups is 1. The van der Waals surface area contributed by atoms with E-state index >= 15 is 0 Å². The molecule has 0 spiro atoms. The lowest BCUT2D eigenvalue weighted by Crippen LogP contribution is -2.34. The summed E-state index contributed by atoms with van der Waals surface area (Å²) in [6.45, 7) is 2.66. The molecule has 1 aliphatic heterocycles. The lowest BCUT2D eigenvalue weighted by Gasteiger charge is -2.20. The molecule has 5 heteroatoms. The van der Waals surface area contributed by atoms with Gasteiger partial charge in [0.1, 0.15) is 11.6 Å². The van der Waals surface area contributed by atoms with E-state index < -0.39 is 11.6 Å². The van der Waals surface area contributed by atoms with Gasteiger partial charge in [0.2, 0.25) is 5.91 Å². The second kappa shape index (κ2) is 5.04. The molecular formula is C12H13F2NOS. The number of rotatable bonds is 2.